The molecule has 0 N–H and O–H groups in total. The topological polar surface area (TPSA) is 60.9 Å². The number of pyridine rings is 1. The maximum atomic E-state index is 13.3. The quantitative estimate of drug-likeness (QED) is 0.597. The molecule has 34 heavy (non-hydrogen) atoms. The van der Waals surface area contributed by atoms with Crippen LogP contribution < -0.4 is 4.74 Å². The predicted octanol–water partition coefficient (Wildman–Crippen LogP) is 5.32. The Bertz CT molecular complexity index is 978. The van der Waals surface area contributed by atoms with E-state index in [-0.39, 0.29) is 29.1 Å². The number of ether oxygens (including phenoxy) is 3. The first-order valence-electron chi connectivity index (χ1n) is 12.4. The van der Waals surface area contributed by atoms with E-state index in [2.05, 4.69) is 31.8 Å². The third-order valence-corrected chi connectivity index (χ3v) is 7.15. The summed E-state index contributed by atoms with van der Waals surface area (Å²) in [7, 11) is 1.66. The molecule has 2 saturated heterocycles. The monoisotopic (exact) mass is 466 g/mol. The van der Waals surface area contributed by atoms with Gasteiger partial charge in [0.1, 0.15) is 5.75 Å². The molecule has 1 spiro atoms. The summed E-state index contributed by atoms with van der Waals surface area (Å²) >= 11 is 0. The van der Waals surface area contributed by atoms with Crippen molar-refractivity contribution in [3.05, 3.63) is 59.4 Å². The Morgan fingerprint density at radius 2 is 2.00 bits per heavy atom. The van der Waals surface area contributed by atoms with Crippen LogP contribution in [0.25, 0.3) is 0 Å². The van der Waals surface area contributed by atoms with E-state index in [4.69, 9.17) is 14.2 Å². The molecule has 0 unspecified atom stereocenters. The molecule has 184 valence electrons. The first-order chi connectivity index (χ1) is 16.2. The van der Waals surface area contributed by atoms with E-state index in [9.17, 15) is 4.79 Å². The Morgan fingerprint density at radius 3 is 2.62 bits per heavy atom. The third kappa shape index (κ3) is 5.28. The number of carbonyl (C=O) groups is 1. The van der Waals surface area contributed by atoms with Gasteiger partial charge in [0.15, 0.2) is 0 Å². The van der Waals surface area contributed by atoms with Crippen molar-refractivity contribution in [1.29, 1.82) is 0 Å². The minimum absolute atomic E-state index is 0.0320. The van der Waals surface area contributed by atoms with Crippen LogP contribution in [0.5, 0.6) is 5.75 Å². The van der Waals surface area contributed by atoms with Crippen LogP contribution in [0.3, 0.4) is 0 Å². The molecule has 2 aliphatic rings. The molecule has 1 amide bonds. The second-order valence-corrected chi connectivity index (χ2v) is 10.6. The van der Waals surface area contributed by atoms with Gasteiger partial charge < -0.3 is 19.1 Å². The smallest absolute Gasteiger partial charge is 0.253 e. The van der Waals surface area contributed by atoms with E-state index in [0.29, 0.717) is 25.3 Å². The minimum atomic E-state index is -0.275. The van der Waals surface area contributed by atoms with Crippen molar-refractivity contribution in [2.45, 2.75) is 76.6 Å². The fraction of sp³-hybridized carbons (Fsp3) is 0.571. The Hall–Kier alpha value is -2.44. The van der Waals surface area contributed by atoms with Gasteiger partial charge in [-0.1, -0.05) is 32.9 Å². The summed E-state index contributed by atoms with van der Waals surface area (Å²) in [5, 5.41) is 0. The van der Waals surface area contributed by atoms with E-state index in [0.717, 1.165) is 42.6 Å². The van der Waals surface area contributed by atoms with Crippen LogP contribution in [-0.2, 0) is 14.9 Å². The van der Waals surface area contributed by atoms with Crippen molar-refractivity contribution in [3.8, 4) is 5.75 Å². The van der Waals surface area contributed by atoms with Gasteiger partial charge in [0.25, 0.3) is 5.91 Å². The Balaban J connectivity index is 1.47. The van der Waals surface area contributed by atoms with Crippen LogP contribution in [-0.4, -0.2) is 54.3 Å². The maximum Gasteiger partial charge on any atom is 0.253 e. The van der Waals surface area contributed by atoms with E-state index in [1.807, 2.05) is 42.3 Å². The third-order valence-electron chi connectivity index (χ3n) is 7.15. The van der Waals surface area contributed by atoms with Crippen molar-refractivity contribution in [3.63, 3.8) is 0 Å². The van der Waals surface area contributed by atoms with Crippen LogP contribution in [0.15, 0.2) is 42.7 Å². The number of hydrogen-bond donors (Lipinski definition) is 0. The molecule has 0 saturated carbocycles. The van der Waals surface area contributed by atoms with Gasteiger partial charge in [0.05, 0.1) is 24.9 Å². The summed E-state index contributed by atoms with van der Waals surface area (Å²) in [6.07, 6.45) is 7.11. The van der Waals surface area contributed by atoms with Gasteiger partial charge >= 0.3 is 0 Å². The molecule has 2 fully saturated rings. The molecule has 1 aromatic heterocycles. The number of aromatic nitrogens is 1. The number of carbonyl (C=O) groups excluding carboxylic acids is 1. The number of piperidine rings is 1. The lowest BCUT2D eigenvalue weighted by Gasteiger charge is -2.48. The zero-order valence-corrected chi connectivity index (χ0v) is 21.2. The Morgan fingerprint density at radius 1 is 1.24 bits per heavy atom. The standard InChI is InChI=1S/C28H38N2O4/c1-6-33-22-17-24(21-8-7-13-29-19-21)34-28(18-22)11-14-30(15-12-28)26(31)20-9-10-23(27(2,3)4)25(16-20)32-5/h7-10,13,16,19,22,24H,6,11-12,14-15,17-18H2,1-5H3/t22-,24-/m1/s1. The van der Waals surface area contributed by atoms with Gasteiger partial charge in [-0.2, -0.15) is 0 Å². The van der Waals surface area contributed by atoms with Crippen molar-refractivity contribution in [1.82, 2.24) is 9.88 Å². The average molecular weight is 467 g/mol. The normalized spacial score (nSPS) is 22.6. The molecule has 3 heterocycles. The summed E-state index contributed by atoms with van der Waals surface area (Å²) in [6, 6.07) is 9.86. The van der Waals surface area contributed by atoms with Gasteiger partial charge in [-0.3, -0.25) is 9.78 Å². The molecule has 2 aliphatic heterocycles. The molecule has 0 bridgehead atoms. The van der Waals surface area contributed by atoms with Gasteiger partial charge in [0, 0.05) is 50.5 Å². The van der Waals surface area contributed by atoms with Crippen molar-refractivity contribution in [2.75, 3.05) is 26.8 Å². The van der Waals surface area contributed by atoms with E-state index < -0.39 is 0 Å². The van der Waals surface area contributed by atoms with Crippen LogP contribution in [0.2, 0.25) is 0 Å². The highest BCUT2D eigenvalue weighted by Gasteiger charge is 2.45. The van der Waals surface area contributed by atoms with Crippen LogP contribution in [0.1, 0.15) is 81.0 Å². The molecule has 0 radical (unpaired) electrons. The summed E-state index contributed by atoms with van der Waals surface area (Å²) in [4.78, 5) is 19.6. The zero-order valence-electron chi connectivity index (χ0n) is 21.2. The Kier molecular flexibility index (Phi) is 7.29. The molecule has 0 aliphatic carbocycles. The van der Waals surface area contributed by atoms with Gasteiger partial charge in [-0.05, 0) is 54.5 Å². The largest absolute Gasteiger partial charge is 0.496 e. The zero-order chi connectivity index (χ0) is 24.3. The fourth-order valence-corrected chi connectivity index (χ4v) is 5.33. The van der Waals surface area contributed by atoms with Crippen LogP contribution in [0, 0.1) is 0 Å². The SMILES string of the molecule is CCO[C@@H]1C[C@H](c2cccnc2)OC2(CCN(C(=O)c3ccc(C(C)(C)C)c(OC)c3)CC2)C1. The van der Waals surface area contributed by atoms with Crippen LogP contribution >= 0.6 is 0 Å². The predicted molar refractivity (Wildman–Crippen MR) is 132 cm³/mol. The maximum absolute atomic E-state index is 13.3. The lowest BCUT2D eigenvalue weighted by molar-refractivity contribution is -0.190. The van der Waals surface area contributed by atoms with E-state index >= 15 is 0 Å². The minimum Gasteiger partial charge on any atom is -0.496 e. The van der Waals surface area contributed by atoms with Gasteiger partial charge in [-0.15, -0.1) is 0 Å². The number of amides is 1. The van der Waals surface area contributed by atoms with E-state index in [1.54, 1.807) is 13.3 Å². The average Bonchev–Trinajstić information content (AvgIpc) is 2.83. The second kappa shape index (κ2) is 10.0. The van der Waals surface area contributed by atoms with E-state index in [1.165, 1.54) is 0 Å². The summed E-state index contributed by atoms with van der Waals surface area (Å²) in [5.41, 5.74) is 2.54. The first-order valence-corrected chi connectivity index (χ1v) is 12.4. The number of benzene rings is 1. The summed E-state index contributed by atoms with van der Waals surface area (Å²) in [6.45, 7) is 10.5. The molecule has 4 rings (SSSR count). The number of likely N-dealkylation sites (tertiary alicyclic amines) is 1. The van der Waals surface area contributed by atoms with Gasteiger partial charge in [-0.25, -0.2) is 0 Å². The number of nitrogens with zero attached hydrogens (tertiary/aromatic N) is 2. The molecule has 2 aromatic rings. The molecule has 6 nitrogen and oxygen atoms in total. The molecule has 6 heteroatoms. The fourth-order valence-electron chi connectivity index (χ4n) is 5.33. The lowest BCUT2D eigenvalue weighted by atomic mass is 9.80. The lowest BCUT2D eigenvalue weighted by Crippen LogP contribution is -2.52. The van der Waals surface area contributed by atoms with Crippen LogP contribution in [0.4, 0.5) is 0 Å². The highest BCUT2D eigenvalue weighted by molar-refractivity contribution is 5.95. The molecule has 1 aromatic carbocycles. The molecule has 2 atom stereocenters. The molecular weight excluding hydrogens is 428 g/mol. The van der Waals surface area contributed by atoms with Gasteiger partial charge in [0.2, 0.25) is 0 Å². The van der Waals surface area contributed by atoms with Crippen molar-refractivity contribution >= 4 is 5.91 Å². The first kappa shape index (κ1) is 24.7. The number of hydrogen-bond acceptors (Lipinski definition) is 5. The Labute approximate surface area is 203 Å². The van der Waals surface area contributed by atoms with Crippen molar-refractivity contribution < 1.29 is 19.0 Å². The second-order valence-electron chi connectivity index (χ2n) is 10.6. The highest BCUT2D eigenvalue weighted by atomic mass is 16.5. The summed E-state index contributed by atoms with van der Waals surface area (Å²) in [5.74, 6) is 0.816. The van der Waals surface area contributed by atoms with Crippen molar-refractivity contribution in [2.24, 2.45) is 0 Å². The number of methoxy groups -OCH3 is 1. The number of rotatable bonds is 5. The summed E-state index contributed by atoms with van der Waals surface area (Å²) < 4.78 is 18.4. The molecular formula is C28H38N2O4. The highest BCUT2D eigenvalue weighted by Crippen LogP contribution is 2.44.